The van der Waals surface area contributed by atoms with Gasteiger partial charge in [-0.1, -0.05) is 18.2 Å². The van der Waals surface area contributed by atoms with Crippen LogP contribution in [0.3, 0.4) is 0 Å². The third-order valence-corrected chi connectivity index (χ3v) is 5.49. The smallest absolute Gasteiger partial charge is 0.290 e. The van der Waals surface area contributed by atoms with Gasteiger partial charge in [-0.3, -0.25) is 9.59 Å². The molecule has 1 amide bonds. The van der Waals surface area contributed by atoms with E-state index in [-0.39, 0.29) is 17.1 Å². The molecule has 0 bridgehead atoms. The number of methoxy groups -OCH3 is 2. The maximum absolute atomic E-state index is 13.4. The molecule has 0 spiro atoms. The summed E-state index contributed by atoms with van der Waals surface area (Å²) in [6, 6.07) is 11.8. The Morgan fingerprint density at radius 2 is 1.81 bits per heavy atom. The van der Waals surface area contributed by atoms with Crippen LogP contribution in [-0.2, 0) is 4.74 Å². The van der Waals surface area contributed by atoms with Gasteiger partial charge in [-0.25, -0.2) is 0 Å². The molecule has 7 nitrogen and oxygen atoms in total. The lowest BCUT2D eigenvalue weighted by Gasteiger charge is -2.25. The van der Waals surface area contributed by atoms with Crippen LogP contribution in [0.15, 0.2) is 51.7 Å². The van der Waals surface area contributed by atoms with Gasteiger partial charge in [-0.2, -0.15) is 0 Å². The Hall–Kier alpha value is -3.32. The monoisotopic (exact) mass is 423 g/mol. The van der Waals surface area contributed by atoms with Crippen LogP contribution in [0.5, 0.6) is 11.5 Å². The predicted molar refractivity (Wildman–Crippen MR) is 116 cm³/mol. The summed E-state index contributed by atoms with van der Waals surface area (Å²) >= 11 is 0. The van der Waals surface area contributed by atoms with Gasteiger partial charge in [-0.05, 0) is 43.2 Å². The van der Waals surface area contributed by atoms with E-state index >= 15 is 0 Å². The predicted octanol–water partition coefficient (Wildman–Crippen LogP) is 3.78. The van der Waals surface area contributed by atoms with Crippen molar-refractivity contribution in [3.63, 3.8) is 0 Å². The van der Waals surface area contributed by atoms with Crippen molar-refractivity contribution in [3.05, 3.63) is 69.6 Å². The van der Waals surface area contributed by atoms with Gasteiger partial charge in [0.1, 0.15) is 5.58 Å². The molecule has 1 atom stereocenters. The van der Waals surface area contributed by atoms with Crippen molar-refractivity contribution in [2.24, 2.45) is 0 Å². The van der Waals surface area contributed by atoms with E-state index < -0.39 is 6.04 Å². The number of para-hydroxylation sites is 1. The fraction of sp³-hybridized carbons (Fsp3) is 0.333. The maximum Gasteiger partial charge on any atom is 0.290 e. The van der Waals surface area contributed by atoms with Crippen LogP contribution in [0.1, 0.15) is 41.1 Å². The number of hydrogen-bond acceptors (Lipinski definition) is 6. The molecule has 0 saturated carbocycles. The number of carbonyl (C=O) groups excluding carboxylic acids is 1. The molecule has 7 heteroatoms. The van der Waals surface area contributed by atoms with E-state index in [4.69, 9.17) is 18.6 Å². The van der Waals surface area contributed by atoms with Crippen LogP contribution in [0, 0.1) is 0 Å². The number of hydrogen-bond donors (Lipinski definition) is 0. The van der Waals surface area contributed by atoms with Crippen LogP contribution in [-0.4, -0.2) is 44.8 Å². The third-order valence-electron chi connectivity index (χ3n) is 5.49. The van der Waals surface area contributed by atoms with Gasteiger partial charge in [0.25, 0.3) is 5.91 Å². The SMILES string of the molecule is CCOCCCN1C(=O)c2oc3ccccc3c(=O)c2C1c1ccc(OC)c(OC)c1. The van der Waals surface area contributed by atoms with Crippen molar-refractivity contribution in [2.75, 3.05) is 34.0 Å². The van der Waals surface area contributed by atoms with Gasteiger partial charge in [-0.15, -0.1) is 0 Å². The molecule has 1 unspecified atom stereocenters. The molecule has 0 fully saturated rings. The first-order valence-corrected chi connectivity index (χ1v) is 10.3. The normalized spacial score (nSPS) is 15.4. The van der Waals surface area contributed by atoms with E-state index in [1.165, 1.54) is 0 Å². The number of carbonyl (C=O) groups is 1. The highest BCUT2D eigenvalue weighted by molar-refractivity contribution is 5.99. The van der Waals surface area contributed by atoms with E-state index in [1.807, 2.05) is 13.0 Å². The Morgan fingerprint density at radius 1 is 1.03 bits per heavy atom. The van der Waals surface area contributed by atoms with Gasteiger partial charge in [0.2, 0.25) is 5.76 Å². The highest BCUT2D eigenvalue weighted by atomic mass is 16.5. The summed E-state index contributed by atoms with van der Waals surface area (Å²) in [7, 11) is 3.11. The third kappa shape index (κ3) is 3.65. The first-order chi connectivity index (χ1) is 15.1. The number of ether oxygens (including phenoxy) is 3. The van der Waals surface area contributed by atoms with Crippen molar-refractivity contribution >= 4 is 16.9 Å². The number of fused-ring (bicyclic) bond motifs is 2. The molecule has 2 heterocycles. The second-order valence-electron chi connectivity index (χ2n) is 7.24. The first-order valence-electron chi connectivity index (χ1n) is 10.3. The number of rotatable bonds is 8. The number of benzene rings is 2. The molecule has 3 aromatic rings. The molecule has 4 rings (SSSR count). The highest BCUT2D eigenvalue weighted by Gasteiger charge is 2.42. The van der Waals surface area contributed by atoms with Gasteiger partial charge in [0.15, 0.2) is 16.9 Å². The molecule has 0 aliphatic carbocycles. The largest absolute Gasteiger partial charge is 0.493 e. The van der Waals surface area contributed by atoms with Gasteiger partial charge in [0.05, 0.1) is 31.2 Å². The molecular weight excluding hydrogens is 398 g/mol. The van der Waals surface area contributed by atoms with E-state index in [2.05, 4.69) is 0 Å². The molecule has 2 aromatic carbocycles. The van der Waals surface area contributed by atoms with Crippen molar-refractivity contribution in [1.82, 2.24) is 4.90 Å². The molecule has 162 valence electrons. The van der Waals surface area contributed by atoms with Crippen LogP contribution in [0.25, 0.3) is 11.0 Å². The van der Waals surface area contributed by atoms with Gasteiger partial charge >= 0.3 is 0 Å². The van der Waals surface area contributed by atoms with Crippen molar-refractivity contribution in [2.45, 2.75) is 19.4 Å². The lowest BCUT2D eigenvalue weighted by atomic mass is 9.98. The Balaban J connectivity index is 1.86. The quantitative estimate of drug-likeness (QED) is 0.513. The molecular formula is C24H25NO6. The van der Waals surface area contributed by atoms with E-state index in [0.717, 1.165) is 5.56 Å². The molecule has 31 heavy (non-hydrogen) atoms. The fourth-order valence-electron chi connectivity index (χ4n) is 4.05. The Bertz CT molecular complexity index is 1170. The Labute approximate surface area is 180 Å². The minimum Gasteiger partial charge on any atom is -0.493 e. The van der Waals surface area contributed by atoms with Gasteiger partial charge in [0, 0.05) is 19.8 Å². The summed E-state index contributed by atoms with van der Waals surface area (Å²) < 4.78 is 22.2. The minimum absolute atomic E-state index is 0.0971. The zero-order valence-corrected chi connectivity index (χ0v) is 17.8. The molecule has 1 aliphatic rings. The van der Waals surface area contributed by atoms with Crippen LogP contribution >= 0.6 is 0 Å². The summed E-state index contributed by atoms with van der Waals surface area (Å²) in [6.45, 7) is 3.49. The lowest BCUT2D eigenvalue weighted by molar-refractivity contribution is 0.0695. The van der Waals surface area contributed by atoms with Crippen molar-refractivity contribution in [3.8, 4) is 11.5 Å². The van der Waals surface area contributed by atoms with E-state index in [0.29, 0.717) is 54.2 Å². The molecule has 0 N–H and O–H groups in total. The fourth-order valence-corrected chi connectivity index (χ4v) is 4.05. The zero-order chi connectivity index (χ0) is 22.0. The molecule has 0 saturated heterocycles. The Morgan fingerprint density at radius 3 is 2.55 bits per heavy atom. The molecule has 1 aromatic heterocycles. The summed E-state index contributed by atoms with van der Waals surface area (Å²) in [5, 5.41) is 0.454. The summed E-state index contributed by atoms with van der Waals surface area (Å²) in [5.41, 5.74) is 1.31. The van der Waals surface area contributed by atoms with Crippen LogP contribution in [0.4, 0.5) is 0 Å². The zero-order valence-electron chi connectivity index (χ0n) is 17.8. The molecule has 1 aliphatic heterocycles. The average Bonchev–Trinajstić information content (AvgIpc) is 3.08. The van der Waals surface area contributed by atoms with Crippen LogP contribution < -0.4 is 14.9 Å². The number of nitrogens with zero attached hydrogens (tertiary/aromatic N) is 1. The van der Waals surface area contributed by atoms with Crippen LogP contribution in [0.2, 0.25) is 0 Å². The minimum atomic E-state index is -0.579. The van der Waals surface area contributed by atoms with E-state index in [1.54, 1.807) is 55.5 Å². The number of amides is 1. The standard InChI is InChI=1S/C24H25NO6/c1-4-30-13-7-12-25-21(15-10-11-18(28-2)19(14-15)29-3)20-22(26)16-8-5-6-9-17(16)31-23(20)24(25)27/h5-6,8-11,14,21H,4,7,12-13H2,1-3H3. The first kappa shape index (κ1) is 20.9. The second-order valence-corrected chi connectivity index (χ2v) is 7.24. The Kier molecular flexibility index (Phi) is 5.95. The van der Waals surface area contributed by atoms with Crippen molar-refractivity contribution in [1.29, 1.82) is 0 Å². The summed E-state index contributed by atoms with van der Waals surface area (Å²) in [4.78, 5) is 28.4. The summed E-state index contributed by atoms with van der Waals surface area (Å²) in [5.74, 6) is 0.901. The van der Waals surface area contributed by atoms with E-state index in [9.17, 15) is 9.59 Å². The topological polar surface area (TPSA) is 78.2 Å². The second kappa shape index (κ2) is 8.81. The summed E-state index contributed by atoms with van der Waals surface area (Å²) in [6.07, 6.45) is 0.644. The highest BCUT2D eigenvalue weighted by Crippen LogP contribution is 2.40. The van der Waals surface area contributed by atoms with Gasteiger partial charge < -0.3 is 23.5 Å². The average molecular weight is 423 g/mol. The van der Waals surface area contributed by atoms with Crippen molar-refractivity contribution < 1.29 is 23.4 Å². The molecule has 0 radical (unpaired) electrons. The lowest BCUT2D eigenvalue weighted by Crippen LogP contribution is -2.31. The maximum atomic E-state index is 13.4.